The summed E-state index contributed by atoms with van der Waals surface area (Å²) in [6.07, 6.45) is 1.42. The normalized spacial score (nSPS) is 21.6. The lowest BCUT2D eigenvalue weighted by Gasteiger charge is -2.31. The molecule has 0 bridgehead atoms. The fourth-order valence-electron chi connectivity index (χ4n) is 2.08. The van der Waals surface area contributed by atoms with E-state index >= 15 is 0 Å². The fourth-order valence-corrected chi connectivity index (χ4v) is 2.08. The quantitative estimate of drug-likeness (QED) is 0.716. The highest BCUT2D eigenvalue weighted by Gasteiger charge is 2.19. The highest BCUT2D eigenvalue weighted by atomic mass is 16.5. The summed E-state index contributed by atoms with van der Waals surface area (Å²) in [5.74, 6) is 0.615. The topological polar surface area (TPSA) is 61.8 Å². The molecule has 0 radical (unpaired) electrons. The highest BCUT2D eigenvalue weighted by molar-refractivity contribution is 5.80. The first-order valence-corrected chi connectivity index (χ1v) is 6.73. The average molecular weight is 258 g/mol. The number of aliphatic hydroxyl groups is 1. The summed E-state index contributed by atoms with van der Waals surface area (Å²) in [5.41, 5.74) is 0. The van der Waals surface area contributed by atoms with Crippen LogP contribution in [0.2, 0.25) is 0 Å². The third-order valence-corrected chi connectivity index (χ3v) is 3.58. The molecule has 0 aromatic heterocycles. The number of hydrogen-bond donors (Lipinski definition) is 2. The molecule has 2 atom stereocenters. The van der Waals surface area contributed by atoms with Crippen LogP contribution in [0.4, 0.5) is 0 Å². The van der Waals surface area contributed by atoms with Crippen LogP contribution >= 0.6 is 0 Å². The van der Waals surface area contributed by atoms with E-state index in [2.05, 4.69) is 17.1 Å². The Morgan fingerprint density at radius 1 is 1.50 bits per heavy atom. The van der Waals surface area contributed by atoms with Gasteiger partial charge in [0, 0.05) is 20.2 Å². The van der Waals surface area contributed by atoms with Gasteiger partial charge in [-0.3, -0.25) is 4.79 Å². The van der Waals surface area contributed by atoms with E-state index in [1.165, 1.54) is 20.0 Å². The van der Waals surface area contributed by atoms with Gasteiger partial charge in [-0.25, -0.2) is 0 Å². The lowest BCUT2D eigenvalue weighted by atomic mass is 9.99. The Balaban J connectivity index is 2.17. The zero-order valence-electron chi connectivity index (χ0n) is 11.7. The summed E-state index contributed by atoms with van der Waals surface area (Å²) in [5, 5.41) is 12.6. The third-order valence-electron chi connectivity index (χ3n) is 3.58. The number of likely N-dealkylation sites (tertiary alicyclic amines) is 1. The van der Waals surface area contributed by atoms with E-state index in [4.69, 9.17) is 4.74 Å². The number of carbonyl (C=O) groups is 1. The third kappa shape index (κ3) is 5.33. The number of nitrogens with one attached hydrogen (secondary N) is 1. The van der Waals surface area contributed by atoms with Crippen molar-refractivity contribution in [3.05, 3.63) is 0 Å². The van der Waals surface area contributed by atoms with Crippen LogP contribution in [0.5, 0.6) is 0 Å². The number of ether oxygens (including phenoxy) is 1. The SMILES string of the molecule is CO[C@@H](C)C(=O)NC[C@@H](O)CN1CCC(C)CC1. The van der Waals surface area contributed by atoms with Gasteiger partial charge >= 0.3 is 0 Å². The van der Waals surface area contributed by atoms with Crippen LogP contribution in [-0.4, -0.2) is 61.4 Å². The molecule has 2 N–H and O–H groups in total. The first kappa shape index (κ1) is 15.4. The van der Waals surface area contributed by atoms with Gasteiger partial charge in [0.05, 0.1) is 6.10 Å². The van der Waals surface area contributed by atoms with Crippen LogP contribution in [0.1, 0.15) is 26.7 Å². The van der Waals surface area contributed by atoms with E-state index in [1.54, 1.807) is 6.92 Å². The lowest BCUT2D eigenvalue weighted by Crippen LogP contribution is -2.44. The van der Waals surface area contributed by atoms with Crippen LogP contribution in [0.25, 0.3) is 0 Å². The zero-order chi connectivity index (χ0) is 13.5. The van der Waals surface area contributed by atoms with Crippen molar-refractivity contribution in [3.8, 4) is 0 Å². The molecule has 5 nitrogen and oxygen atoms in total. The van der Waals surface area contributed by atoms with Gasteiger partial charge in [-0.05, 0) is 38.8 Å². The molecule has 1 amide bonds. The van der Waals surface area contributed by atoms with Gasteiger partial charge in [-0.15, -0.1) is 0 Å². The number of β-amino-alcohol motifs (C(OH)–C–C–N with tert-alkyl or cyclic N) is 1. The number of nitrogens with zero attached hydrogens (tertiary/aromatic N) is 1. The van der Waals surface area contributed by atoms with Crippen LogP contribution in [-0.2, 0) is 9.53 Å². The molecule has 106 valence electrons. The molecular formula is C13H26N2O3. The van der Waals surface area contributed by atoms with Gasteiger partial charge in [0.2, 0.25) is 5.91 Å². The van der Waals surface area contributed by atoms with E-state index in [9.17, 15) is 9.90 Å². The van der Waals surface area contributed by atoms with Crippen molar-refractivity contribution in [2.45, 2.75) is 38.9 Å². The predicted molar refractivity (Wildman–Crippen MR) is 70.3 cm³/mol. The van der Waals surface area contributed by atoms with Crippen molar-refractivity contribution in [2.75, 3.05) is 33.3 Å². The highest BCUT2D eigenvalue weighted by Crippen LogP contribution is 2.15. The number of rotatable bonds is 6. The molecule has 0 aromatic carbocycles. The molecule has 1 saturated heterocycles. The Labute approximate surface area is 109 Å². The van der Waals surface area contributed by atoms with Crippen molar-refractivity contribution >= 4 is 5.91 Å². The summed E-state index contributed by atoms with van der Waals surface area (Å²) in [7, 11) is 1.50. The molecule has 0 unspecified atom stereocenters. The van der Waals surface area contributed by atoms with Gasteiger partial charge in [0.1, 0.15) is 6.10 Å². The van der Waals surface area contributed by atoms with E-state index < -0.39 is 12.2 Å². The zero-order valence-corrected chi connectivity index (χ0v) is 11.7. The second-order valence-electron chi connectivity index (χ2n) is 5.26. The van der Waals surface area contributed by atoms with Gasteiger partial charge in [-0.2, -0.15) is 0 Å². The van der Waals surface area contributed by atoms with Gasteiger partial charge < -0.3 is 20.1 Å². The minimum Gasteiger partial charge on any atom is -0.390 e. The minimum absolute atomic E-state index is 0.177. The molecule has 0 aromatic rings. The maximum absolute atomic E-state index is 11.5. The molecule has 0 aliphatic carbocycles. The first-order valence-electron chi connectivity index (χ1n) is 6.73. The molecular weight excluding hydrogens is 232 g/mol. The van der Waals surface area contributed by atoms with Crippen molar-refractivity contribution in [3.63, 3.8) is 0 Å². The van der Waals surface area contributed by atoms with Crippen LogP contribution in [0, 0.1) is 5.92 Å². The molecule has 18 heavy (non-hydrogen) atoms. The number of hydrogen-bond acceptors (Lipinski definition) is 4. The van der Waals surface area contributed by atoms with E-state index in [0.29, 0.717) is 13.1 Å². The number of amides is 1. The molecule has 0 spiro atoms. The summed E-state index contributed by atoms with van der Waals surface area (Å²) in [6.45, 7) is 6.96. The van der Waals surface area contributed by atoms with Crippen molar-refractivity contribution in [2.24, 2.45) is 5.92 Å². The molecule has 1 aliphatic rings. The lowest BCUT2D eigenvalue weighted by molar-refractivity contribution is -0.130. The van der Waals surface area contributed by atoms with Crippen molar-refractivity contribution in [1.82, 2.24) is 10.2 Å². The van der Waals surface area contributed by atoms with Crippen LogP contribution in [0.15, 0.2) is 0 Å². The molecule has 1 rings (SSSR count). The monoisotopic (exact) mass is 258 g/mol. The van der Waals surface area contributed by atoms with Crippen LogP contribution in [0.3, 0.4) is 0 Å². The Morgan fingerprint density at radius 2 is 2.11 bits per heavy atom. The Hall–Kier alpha value is -0.650. The predicted octanol–water partition coefficient (Wildman–Crippen LogP) is 0.230. The van der Waals surface area contributed by atoms with Gasteiger partial charge in [-0.1, -0.05) is 6.92 Å². The maximum Gasteiger partial charge on any atom is 0.248 e. The Bertz CT molecular complexity index is 253. The second kappa shape index (κ2) is 7.71. The van der Waals surface area contributed by atoms with E-state index in [-0.39, 0.29) is 5.91 Å². The molecule has 1 fully saturated rings. The van der Waals surface area contributed by atoms with Crippen LogP contribution < -0.4 is 5.32 Å². The molecule has 0 saturated carbocycles. The summed E-state index contributed by atoms with van der Waals surface area (Å²) < 4.78 is 4.90. The Morgan fingerprint density at radius 3 is 2.67 bits per heavy atom. The average Bonchev–Trinajstić information content (AvgIpc) is 2.37. The smallest absolute Gasteiger partial charge is 0.248 e. The number of methoxy groups -OCH3 is 1. The van der Waals surface area contributed by atoms with E-state index in [1.807, 2.05) is 0 Å². The van der Waals surface area contributed by atoms with E-state index in [0.717, 1.165) is 19.0 Å². The van der Waals surface area contributed by atoms with Gasteiger partial charge in [0.25, 0.3) is 0 Å². The maximum atomic E-state index is 11.5. The fraction of sp³-hybridized carbons (Fsp3) is 0.923. The standard InChI is InChI=1S/C13H26N2O3/c1-10-4-6-15(7-5-10)9-12(16)8-14-13(17)11(2)18-3/h10-12,16H,4-9H2,1-3H3,(H,14,17)/t11-,12+/m0/s1. The largest absolute Gasteiger partial charge is 0.390 e. The summed E-state index contributed by atoms with van der Waals surface area (Å²) in [4.78, 5) is 13.7. The molecule has 1 aliphatic heterocycles. The minimum atomic E-state index is -0.508. The molecule has 1 heterocycles. The Kier molecular flexibility index (Phi) is 6.60. The number of aliphatic hydroxyl groups excluding tert-OH is 1. The first-order chi connectivity index (χ1) is 8.52. The number of carbonyl (C=O) groups excluding carboxylic acids is 1. The summed E-state index contributed by atoms with van der Waals surface area (Å²) >= 11 is 0. The van der Waals surface area contributed by atoms with Crippen molar-refractivity contribution in [1.29, 1.82) is 0 Å². The second-order valence-corrected chi connectivity index (χ2v) is 5.26. The van der Waals surface area contributed by atoms with Crippen molar-refractivity contribution < 1.29 is 14.6 Å². The number of piperidine rings is 1. The van der Waals surface area contributed by atoms with Gasteiger partial charge in [0.15, 0.2) is 0 Å². The summed E-state index contributed by atoms with van der Waals surface area (Å²) in [6, 6.07) is 0. The molecule has 5 heteroatoms.